The smallest absolute Gasteiger partial charge is 0.215 e. The molecule has 0 aromatic heterocycles. The third-order valence-electron chi connectivity index (χ3n) is 1.73. The third kappa shape index (κ3) is 2.78. The van der Waals surface area contributed by atoms with Crippen LogP contribution >= 0.6 is 0 Å². The first-order valence-corrected chi connectivity index (χ1v) is 3.74. The topological polar surface area (TPSA) is 57.1 Å². The number of Topliss-reactive ketones (excluding diaryl/α,β-unsaturated/α-hetero) is 1. The molecule has 13 heavy (non-hydrogen) atoms. The van der Waals surface area contributed by atoms with Crippen molar-refractivity contribution in [2.24, 2.45) is 5.16 Å². The van der Waals surface area contributed by atoms with E-state index in [9.17, 15) is 4.79 Å². The largest absolute Gasteiger partial charge is 0.399 e. The second kappa shape index (κ2) is 4.94. The van der Waals surface area contributed by atoms with Gasteiger partial charge in [0.25, 0.3) is 0 Å². The van der Waals surface area contributed by atoms with Crippen LogP contribution < -0.4 is 0 Å². The number of hydrogen-bond acceptors (Lipinski definition) is 5. The summed E-state index contributed by atoms with van der Waals surface area (Å²) >= 11 is 0. The Labute approximate surface area is 77.6 Å². The van der Waals surface area contributed by atoms with E-state index >= 15 is 0 Å². The summed E-state index contributed by atoms with van der Waals surface area (Å²) in [5.41, 5.74) is 0.0972. The van der Waals surface area contributed by atoms with Crippen LogP contribution in [0.3, 0.4) is 0 Å². The van der Waals surface area contributed by atoms with Crippen LogP contribution in [-0.4, -0.2) is 38.6 Å². The first kappa shape index (κ1) is 12.1. The number of ketones is 1. The van der Waals surface area contributed by atoms with Crippen molar-refractivity contribution in [1.82, 2.24) is 0 Å². The van der Waals surface area contributed by atoms with Gasteiger partial charge in [-0.05, 0) is 6.92 Å². The van der Waals surface area contributed by atoms with E-state index in [-0.39, 0.29) is 11.5 Å². The quantitative estimate of drug-likeness (QED) is 0.361. The second-order valence-electron chi connectivity index (χ2n) is 2.53. The number of methoxy groups -OCH3 is 2. The first-order chi connectivity index (χ1) is 6.01. The van der Waals surface area contributed by atoms with E-state index < -0.39 is 5.79 Å². The van der Waals surface area contributed by atoms with E-state index in [1.165, 1.54) is 28.3 Å². The van der Waals surface area contributed by atoms with Gasteiger partial charge < -0.3 is 14.3 Å². The zero-order chi connectivity index (χ0) is 10.5. The molecule has 0 fully saturated rings. The van der Waals surface area contributed by atoms with Gasteiger partial charge in [-0.1, -0.05) is 5.16 Å². The Hall–Kier alpha value is -0.940. The van der Waals surface area contributed by atoms with Gasteiger partial charge in [-0.15, -0.1) is 0 Å². The van der Waals surface area contributed by atoms with Gasteiger partial charge >= 0.3 is 0 Å². The van der Waals surface area contributed by atoms with Crippen LogP contribution in [0.15, 0.2) is 5.16 Å². The van der Waals surface area contributed by atoms with Crippen LogP contribution in [0.5, 0.6) is 0 Å². The normalized spacial score (nSPS) is 12.8. The highest BCUT2D eigenvalue weighted by molar-refractivity contribution is 6.41. The number of carbonyl (C=O) groups is 1. The van der Waals surface area contributed by atoms with E-state index in [1.54, 1.807) is 6.92 Å². The van der Waals surface area contributed by atoms with E-state index in [0.29, 0.717) is 0 Å². The van der Waals surface area contributed by atoms with Crippen molar-refractivity contribution in [3.8, 4) is 0 Å². The molecule has 5 heteroatoms. The van der Waals surface area contributed by atoms with Crippen LogP contribution in [0.25, 0.3) is 0 Å². The molecule has 0 aliphatic carbocycles. The Kier molecular flexibility index (Phi) is 4.58. The number of ether oxygens (including phenoxy) is 2. The molecule has 0 aliphatic rings. The monoisotopic (exact) mass is 189 g/mol. The minimum atomic E-state index is -1.15. The van der Waals surface area contributed by atoms with Gasteiger partial charge in [-0.3, -0.25) is 4.79 Å². The molecular formula is C8H15NO4. The predicted octanol–water partition coefficient (Wildman–Crippen LogP) is 0.587. The number of carbonyl (C=O) groups excluding carboxylic acids is 1. The summed E-state index contributed by atoms with van der Waals surface area (Å²) < 4.78 is 10.0. The van der Waals surface area contributed by atoms with Crippen LogP contribution in [0.4, 0.5) is 0 Å². The highest BCUT2D eigenvalue weighted by Gasteiger charge is 2.34. The number of rotatable bonds is 5. The summed E-state index contributed by atoms with van der Waals surface area (Å²) in [6, 6.07) is 0. The van der Waals surface area contributed by atoms with Crippen molar-refractivity contribution in [2.75, 3.05) is 21.3 Å². The molecule has 0 aliphatic heterocycles. The average Bonchev–Trinajstić information content (AvgIpc) is 2.12. The molecule has 0 spiro atoms. The lowest BCUT2D eigenvalue weighted by atomic mass is 10.1. The lowest BCUT2D eigenvalue weighted by molar-refractivity contribution is -0.145. The van der Waals surface area contributed by atoms with Crippen LogP contribution in [-0.2, 0) is 19.1 Å². The molecule has 0 N–H and O–H groups in total. The fraction of sp³-hybridized carbons (Fsp3) is 0.750. The average molecular weight is 189 g/mol. The SMILES string of the molecule is CO/N=C(\C(C)=O)C(C)(OC)OC. The van der Waals surface area contributed by atoms with Crippen molar-refractivity contribution in [1.29, 1.82) is 0 Å². The number of hydrogen-bond donors (Lipinski definition) is 0. The van der Waals surface area contributed by atoms with Crippen LogP contribution in [0.1, 0.15) is 13.8 Å². The maximum Gasteiger partial charge on any atom is 0.215 e. The summed E-state index contributed by atoms with van der Waals surface area (Å²) in [5.74, 6) is -1.41. The maximum absolute atomic E-state index is 11.1. The molecule has 0 bridgehead atoms. The molecule has 0 aromatic rings. The van der Waals surface area contributed by atoms with E-state index in [4.69, 9.17) is 9.47 Å². The molecule has 0 saturated carbocycles. The Balaban J connectivity index is 4.92. The van der Waals surface area contributed by atoms with Crippen molar-refractivity contribution in [3.05, 3.63) is 0 Å². The Morgan fingerprint density at radius 1 is 1.23 bits per heavy atom. The molecule has 5 nitrogen and oxygen atoms in total. The van der Waals surface area contributed by atoms with Gasteiger partial charge in [0, 0.05) is 21.1 Å². The summed E-state index contributed by atoms with van der Waals surface area (Å²) in [5, 5.41) is 3.55. The summed E-state index contributed by atoms with van der Waals surface area (Å²) in [4.78, 5) is 15.6. The second-order valence-corrected chi connectivity index (χ2v) is 2.53. The van der Waals surface area contributed by atoms with Gasteiger partial charge in [0.05, 0.1) is 0 Å². The molecular weight excluding hydrogens is 174 g/mol. The number of oxime groups is 1. The molecule has 0 atom stereocenters. The van der Waals surface area contributed by atoms with Crippen molar-refractivity contribution < 1.29 is 19.1 Å². The van der Waals surface area contributed by atoms with Gasteiger partial charge in [-0.25, -0.2) is 0 Å². The first-order valence-electron chi connectivity index (χ1n) is 3.74. The van der Waals surface area contributed by atoms with Gasteiger partial charge in [0.2, 0.25) is 5.79 Å². The predicted molar refractivity (Wildman–Crippen MR) is 47.5 cm³/mol. The van der Waals surface area contributed by atoms with Gasteiger partial charge in [0.15, 0.2) is 11.5 Å². The maximum atomic E-state index is 11.1. The molecule has 0 saturated heterocycles. The minimum absolute atomic E-state index is 0.0972. The summed E-state index contributed by atoms with van der Waals surface area (Å²) in [6.07, 6.45) is 0. The Bertz CT molecular complexity index is 208. The van der Waals surface area contributed by atoms with E-state index in [0.717, 1.165) is 0 Å². The van der Waals surface area contributed by atoms with Gasteiger partial charge in [-0.2, -0.15) is 0 Å². The Morgan fingerprint density at radius 3 is 1.92 bits per heavy atom. The van der Waals surface area contributed by atoms with Crippen molar-refractivity contribution >= 4 is 11.5 Å². The standard InChI is InChI=1S/C8H15NO4/c1-6(10)7(9-13-5)8(2,11-3)12-4/h1-5H3/b9-7+. The Morgan fingerprint density at radius 2 is 1.69 bits per heavy atom. The molecule has 0 unspecified atom stereocenters. The van der Waals surface area contributed by atoms with E-state index in [2.05, 4.69) is 9.99 Å². The van der Waals surface area contributed by atoms with Crippen LogP contribution in [0, 0.1) is 0 Å². The third-order valence-corrected chi connectivity index (χ3v) is 1.73. The zero-order valence-electron chi connectivity index (χ0n) is 8.58. The zero-order valence-corrected chi connectivity index (χ0v) is 8.58. The molecule has 0 aromatic carbocycles. The highest BCUT2D eigenvalue weighted by Crippen LogP contribution is 2.13. The minimum Gasteiger partial charge on any atom is -0.399 e. The molecule has 0 radical (unpaired) electrons. The van der Waals surface area contributed by atoms with Crippen molar-refractivity contribution in [3.63, 3.8) is 0 Å². The van der Waals surface area contributed by atoms with Crippen LogP contribution in [0.2, 0.25) is 0 Å². The van der Waals surface area contributed by atoms with E-state index in [1.807, 2.05) is 0 Å². The fourth-order valence-corrected chi connectivity index (χ4v) is 0.835. The molecule has 0 heterocycles. The summed E-state index contributed by atoms with van der Waals surface area (Å²) in [7, 11) is 4.21. The number of nitrogens with zero attached hydrogens (tertiary/aromatic N) is 1. The van der Waals surface area contributed by atoms with Crippen molar-refractivity contribution in [2.45, 2.75) is 19.6 Å². The molecule has 76 valence electrons. The summed E-state index contributed by atoms with van der Waals surface area (Å²) in [6.45, 7) is 2.96. The fourth-order valence-electron chi connectivity index (χ4n) is 0.835. The highest BCUT2D eigenvalue weighted by atomic mass is 16.7. The molecule has 0 amide bonds. The molecule has 0 rings (SSSR count). The van der Waals surface area contributed by atoms with Gasteiger partial charge in [0.1, 0.15) is 7.11 Å². The lowest BCUT2D eigenvalue weighted by Gasteiger charge is -2.25. The lowest BCUT2D eigenvalue weighted by Crippen LogP contribution is -2.43.